The Morgan fingerprint density at radius 2 is 1.92 bits per heavy atom. The molecule has 26 heavy (non-hydrogen) atoms. The Balaban J connectivity index is 1.93. The number of nitrogens with zero attached hydrogens (tertiary/aromatic N) is 1. The summed E-state index contributed by atoms with van der Waals surface area (Å²) in [5, 5.41) is 11.9. The van der Waals surface area contributed by atoms with Gasteiger partial charge in [-0.3, -0.25) is 9.59 Å². The van der Waals surface area contributed by atoms with Crippen molar-refractivity contribution in [3.8, 4) is 0 Å². The quantitative estimate of drug-likeness (QED) is 0.783. The number of anilines is 1. The highest BCUT2D eigenvalue weighted by Crippen LogP contribution is 2.27. The first-order valence-electron chi connectivity index (χ1n) is 9.08. The Morgan fingerprint density at radius 3 is 2.58 bits per heavy atom. The van der Waals surface area contributed by atoms with Gasteiger partial charge in [-0.15, -0.1) is 0 Å². The number of para-hydroxylation sites is 1. The summed E-state index contributed by atoms with van der Waals surface area (Å²) in [5.41, 5.74) is 1.95. The number of carbonyl (C=O) groups excluding carboxylic acids is 2. The largest absolute Gasteiger partial charge is 0.480 e. The van der Waals surface area contributed by atoms with E-state index < -0.39 is 12.0 Å². The molecule has 1 atom stereocenters. The Hall–Kier alpha value is -2.37. The van der Waals surface area contributed by atoms with Gasteiger partial charge in [0.1, 0.15) is 6.04 Å². The first kappa shape index (κ1) is 19.9. The van der Waals surface area contributed by atoms with Crippen LogP contribution in [0.15, 0.2) is 24.3 Å². The molecule has 0 aliphatic carbocycles. The zero-order chi connectivity index (χ0) is 19.3. The molecule has 0 radical (unpaired) electrons. The van der Waals surface area contributed by atoms with E-state index in [1.165, 1.54) is 0 Å². The number of hydrogen-bond donors (Lipinski definition) is 2. The van der Waals surface area contributed by atoms with Crippen molar-refractivity contribution in [2.75, 3.05) is 11.4 Å². The summed E-state index contributed by atoms with van der Waals surface area (Å²) >= 11 is 0. The Labute approximate surface area is 154 Å². The third-order valence-electron chi connectivity index (χ3n) is 4.57. The van der Waals surface area contributed by atoms with E-state index in [0.717, 1.165) is 11.3 Å². The molecular formula is C20H28N2O4. The topological polar surface area (TPSA) is 86.7 Å². The second-order valence-electron chi connectivity index (χ2n) is 7.98. The second-order valence-corrected chi connectivity index (χ2v) is 7.98. The van der Waals surface area contributed by atoms with E-state index in [1.807, 2.05) is 45.0 Å². The van der Waals surface area contributed by atoms with Gasteiger partial charge in [0.2, 0.25) is 11.8 Å². The minimum Gasteiger partial charge on any atom is -0.480 e. The average molecular weight is 360 g/mol. The molecule has 1 aromatic rings. The van der Waals surface area contributed by atoms with E-state index >= 15 is 0 Å². The molecule has 1 aliphatic rings. The summed E-state index contributed by atoms with van der Waals surface area (Å²) in [4.78, 5) is 37.5. The van der Waals surface area contributed by atoms with Gasteiger partial charge >= 0.3 is 5.97 Å². The number of rotatable bonds is 7. The zero-order valence-electron chi connectivity index (χ0n) is 15.7. The van der Waals surface area contributed by atoms with Crippen LogP contribution in [0.25, 0.3) is 0 Å². The molecule has 0 spiro atoms. The van der Waals surface area contributed by atoms with E-state index in [-0.39, 0.29) is 30.2 Å². The van der Waals surface area contributed by atoms with Crippen LogP contribution >= 0.6 is 0 Å². The molecule has 6 heteroatoms. The number of fused-ring (bicyclic) bond motifs is 1. The maximum Gasteiger partial charge on any atom is 0.326 e. The van der Waals surface area contributed by atoms with Crippen LogP contribution in [0.5, 0.6) is 0 Å². The summed E-state index contributed by atoms with van der Waals surface area (Å²) in [6, 6.07) is 6.78. The van der Waals surface area contributed by atoms with Crippen molar-refractivity contribution < 1.29 is 19.5 Å². The fourth-order valence-electron chi connectivity index (χ4n) is 3.06. The van der Waals surface area contributed by atoms with Crippen molar-refractivity contribution in [1.29, 1.82) is 0 Å². The number of benzene rings is 1. The monoisotopic (exact) mass is 360 g/mol. The predicted molar refractivity (Wildman–Crippen MR) is 100.0 cm³/mol. The van der Waals surface area contributed by atoms with Crippen molar-refractivity contribution in [2.45, 2.75) is 58.9 Å². The van der Waals surface area contributed by atoms with Gasteiger partial charge in [-0.1, -0.05) is 39.0 Å². The molecule has 2 N–H and O–H groups in total. The minimum absolute atomic E-state index is 0.000910. The fourth-order valence-corrected chi connectivity index (χ4v) is 3.06. The molecular weight excluding hydrogens is 332 g/mol. The van der Waals surface area contributed by atoms with Crippen molar-refractivity contribution in [3.63, 3.8) is 0 Å². The van der Waals surface area contributed by atoms with E-state index in [9.17, 15) is 19.5 Å². The number of carboxylic acid groups (broad SMARTS) is 1. The van der Waals surface area contributed by atoms with Gasteiger partial charge in [-0.05, 0) is 36.3 Å². The lowest BCUT2D eigenvalue weighted by Crippen LogP contribution is -2.43. The third-order valence-corrected chi connectivity index (χ3v) is 4.57. The van der Waals surface area contributed by atoms with Crippen LogP contribution in [-0.2, 0) is 20.8 Å². The zero-order valence-corrected chi connectivity index (χ0v) is 15.7. The van der Waals surface area contributed by atoms with Crippen molar-refractivity contribution in [3.05, 3.63) is 29.8 Å². The number of nitrogens with one attached hydrogen (secondary N) is 1. The van der Waals surface area contributed by atoms with E-state index in [1.54, 1.807) is 4.90 Å². The molecule has 6 nitrogen and oxygen atoms in total. The number of aliphatic carboxylic acids is 1. The number of aryl methyl sites for hydroxylation is 1. The van der Waals surface area contributed by atoms with E-state index in [2.05, 4.69) is 5.32 Å². The molecule has 1 heterocycles. The Morgan fingerprint density at radius 1 is 1.23 bits per heavy atom. The van der Waals surface area contributed by atoms with Crippen molar-refractivity contribution in [2.24, 2.45) is 5.41 Å². The van der Waals surface area contributed by atoms with Crippen molar-refractivity contribution >= 4 is 23.5 Å². The molecule has 2 rings (SSSR count). The molecule has 1 aromatic carbocycles. The standard InChI is InChI=1S/C20H28N2O4/c1-20(2,3)12-10-15(19(25)26)21-17(23)11-13-22-16-7-5-4-6-14(16)8-9-18(22)24/h4-7,15H,8-13H2,1-3H3,(H,21,23)(H,25,26). The fraction of sp³-hybridized carbons (Fsp3) is 0.550. The van der Waals surface area contributed by atoms with Gasteiger partial charge in [-0.2, -0.15) is 0 Å². The van der Waals surface area contributed by atoms with E-state index in [4.69, 9.17) is 0 Å². The maximum absolute atomic E-state index is 12.2. The van der Waals surface area contributed by atoms with Crippen LogP contribution in [0, 0.1) is 5.41 Å². The van der Waals surface area contributed by atoms with Crippen molar-refractivity contribution in [1.82, 2.24) is 5.32 Å². The predicted octanol–water partition coefficient (Wildman–Crippen LogP) is 2.75. The highest BCUT2D eigenvalue weighted by molar-refractivity contribution is 5.97. The van der Waals surface area contributed by atoms with Gasteiger partial charge in [0.05, 0.1) is 0 Å². The number of hydrogen-bond acceptors (Lipinski definition) is 3. The molecule has 2 amide bonds. The normalized spacial score (nSPS) is 15.3. The van der Waals surface area contributed by atoms with Gasteiger partial charge in [0.15, 0.2) is 0 Å². The summed E-state index contributed by atoms with van der Waals surface area (Å²) in [7, 11) is 0. The number of carboxylic acids is 1. The summed E-state index contributed by atoms with van der Waals surface area (Å²) in [6.07, 6.45) is 2.31. The number of carbonyl (C=O) groups is 3. The lowest BCUT2D eigenvalue weighted by Gasteiger charge is -2.29. The van der Waals surface area contributed by atoms with E-state index in [0.29, 0.717) is 25.7 Å². The first-order chi connectivity index (χ1) is 12.2. The molecule has 0 saturated carbocycles. The van der Waals surface area contributed by atoms with Crippen LogP contribution in [-0.4, -0.2) is 35.5 Å². The summed E-state index contributed by atoms with van der Waals surface area (Å²) in [5.74, 6) is -1.37. The maximum atomic E-state index is 12.2. The molecule has 1 aliphatic heterocycles. The molecule has 1 unspecified atom stereocenters. The molecule has 0 saturated heterocycles. The smallest absolute Gasteiger partial charge is 0.326 e. The van der Waals surface area contributed by atoms with Crippen LogP contribution in [0.2, 0.25) is 0 Å². The van der Waals surface area contributed by atoms with Crippen LogP contribution in [0.1, 0.15) is 52.0 Å². The molecule has 0 bridgehead atoms. The van der Waals surface area contributed by atoms with Gasteiger partial charge in [-0.25, -0.2) is 4.79 Å². The minimum atomic E-state index is -1.03. The first-order valence-corrected chi connectivity index (χ1v) is 9.08. The highest BCUT2D eigenvalue weighted by Gasteiger charge is 2.26. The summed E-state index contributed by atoms with van der Waals surface area (Å²) < 4.78 is 0. The van der Waals surface area contributed by atoms with Gasteiger partial charge < -0.3 is 15.3 Å². The van der Waals surface area contributed by atoms with Crippen LogP contribution in [0.3, 0.4) is 0 Å². The lowest BCUT2D eigenvalue weighted by molar-refractivity contribution is -0.142. The molecule has 0 aromatic heterocycles. The molecule has 0 fully saturated rings. The lowest BCUT2D eigenvalue weighted by atomic mass is 9.88. The SMILES string of the molecule is CC(C)(C)CCC(NC(=O)CCN1C(=O)CCc2ccccc21)C(=O)O. The highest BCUT2D eigenvalue weighted by atomic mass is 16.4. The van der Waals surface area contributed by atoms with Gasteiger partial charge in [0, 0.05) is 25.1 Å². The third kappa shape index (κ3) is 5.58. The van der Waals surface area contributed by atoms with Crippen LogP contribution in [0.4, 0.5) is 5.69 Å². The Kier molecular flexibility index (Phi) is 6.40. The Bertz CT molecular complexity index is 679. The van der Waals surface area contributed by atoms with Gasteiger partial charge in [0.25, 0.3) is 0 Å². The average Bonchev–Trinajstić information content (AvgIpc) is 2.56. The molecule has 142 valence electrons. The second kappa shape index (κ2) is 8.34. The summed E-state index contributed by atoms with van der Waals surface area (Å²) in [6.45, 7) is 6.36. The van der Waals surface area contributed by atoms with Crippen LogP contribution < -0.4 is 10.2 Å². The number of amides is 2.